The smallest absolute Gasteiger partial charge is 0.241 e. The summed E-state index contributed by atoms with van der Waals surface area (Å²) in [6, 6.07) is 14.3. The third kappa shape index (κ3) is 3.60. The van der Waals surface area contributed by atoms with Crippen molar-refractivity contribution in [3.63, 3.8) is 0 Å². The molecule has 1 saturated heterocycles. The summed E-state index contributed by atoms with van der Waals surface area (Å²) in [4.78, 5) is 7.01. The zero-order chi connectivity index (χ0) is 19.5. The Morgan fingerprint density at radius 3 is 2.79 bits per heavy atom. The number of likely N-dealkylation sites (tertiary alicyclic amines) is 1. The minimum Gasteiger partial charge on any atom is -0.497 e. The predicted octanol–water partition coefficient (Wildman–Crippen LogP) is 4.40. The van der Waals surface area contributed by atoms with Gasteiger partial charge in [0.1, 0.15) is 11.5 Å². The van der Waals surface area contributed by atoms with E-state index in [-0.39, 0.29) is 6.04 Å². The highest BCUT2D eigenvalue weighted by atomic mass is 16.5. The van der Waals surface area contributed by atoms with Gasteiger partial charge in [-0.15, -0.1) is 0 Å². The summed E-state index contributed by atoms with van der Waals surface area (Å²) in [5.74, 6) is 2.93. The van der Waals surface area contributed by atoms with Crippen molar-refractivity contribution in [2.24, 2.45) is 0 Å². The molecule has 0 amide bonds. The van der Waals surface area contributed by atoms with Crippen LogP contribution in [0.5, 0.6) is 11.5 Å². The van der Waals surface area contributed by atoms with Crippen LogP contribution < -0.4 is 9.47 Å². The average molecular weight is 379 g/mol. The van der Waals surface area contributed by atoms with Gasteiger partial charge in [0.15, 0.2) is 0 Å². The fourth-order valence-corrected chi connectivity index (χ4v) is 3.89. The fraction of sp³-hybridized carbons (Fsp3) is 0.364. The summed E-state index contributed by atoms with van der Waals surface area (Å²) in [5, 5.41) is 4.19. The second kappa shape index (κ2) is 8.02. The summed E-state index contributed by atoms with van der Waals surface area (Å²) < 4.78 is 16.5. The Kier molecular flexibility index (Phi) is 5.30. The number of hydrogen-bond donors (Lipinski definition) is 0. The van der Waals surface area contributed by atoms with Crippen molar-refractivity contribution < 1.29 is 14.0 Å². The van der Waals surface area contributed by atoms with E-state index in [1.54, 1.807) is 14.2 Å². The Bertz CT molecular complexity index is 954. The van der Waals surface area contributed by atoms with Gasteiger partial charge in [-0.2, -0.15) is 4.98 Å². The van der Waals surface area contributed by atoms with Crippen LogP contribution in [0.25, 0.3) is 11.4 Å². The van der Waals surface area contributed by atoms with Crippen LogP contribution in [-0.4, -0.2) is 35.8 Å². The normalized spacial score (nSPS) is 17.0. The van der Waals surface area contributed by atoms with E-state index in [2.05, 4.69) is 34.1 Å². The van der Waals surface area contributed by atoms with Gasteiger partial charge in [0.25, 0.3) is 0 Å². The second-order valence-electron chi connectivity index (χ2n) is 7.06. The highest BCUT2D eigenvalue weighted by molar-refractivity contribution is 5.58. The van der Waals surface area contributed by atoms with E-state index < -0.39 is 0 Å². The number of methoxy groups -OCH3 is 2. The summed E-state index contributed by atoms with van der Waals surface area (Å²) in [5.41, 5.74) is 3.31. The van der Waals surface area contributed by atoms with E-state index in [0.29, 0.717) is 18.3 Å². The lowest BCUT2D eigenvalue weighted by atomic mass is 10.0. The summed E-state index contributed by atoms with van der Waals surface area (Å²) in [7, 11) is 3.36. The zero-order valence-corrected chi connectivity index (χ0v) is 16.5. The maximum atomic E-state index is 5.62. The molecule has 1 atom stereocenters. The molecule has 0 N–H and O–H groups in total. The first kappa shape index (κ1) is 18.5. The lowest BCUT2D eigenvalue weighted by molar-refractivity contribution is 0.209. The van der Waals surface area contributed by atoms with Crippen molar-refractivity contribution in [1.29, 1.82) is 0 Å². The molecule has 6 heteroatoms. The van der Waals surface area contributed by atoms with Gasteiger partial charge < -0.3 is 14.0 Å². The van der Waals surface area contributed by atoms with Crippen molar-refractivity contribution in [3.05, 3.63) is 59.5 Å². The highest BCUT2D eigenvalue weighted by Crippen LogP contribution is 2.39. The van der Waals surface area contributed by atoms with E-state index >= 15 is 0 Å². The molecule has 0 saturated carbocycles. The van der Waals surface area contributed by atoms with Crippen LogP contribution >= 0.6 is 0 Å². The molecule has 1 aromatic heterocycles. The van der Waals surface area contributed by atoms with Crippen LogP contribution in [0.4, 0.5) is 0 Å². The van der Waals surface area contributed by atoms with Gasteiger partial charge in [-0.05, 0) is 37.9 Å². The molecule has 4 rings (SSSR count). The number of benzene rings is 2. The molecule has 3 aromatic rings. The second-order valence-corrected chi connectivity index (χ2v) is 7.06. The molecule has 1 fully saturated rings. The van der Waals surface area contributed by atoms with Crippen molar-refractivity contribution in [3.8, 4) is 22.9 Å². The molecule has 0 radical (unpaired) electrons. The number of aryl methyl sites for hydroxylation is 1. The van der Waals surface area contributed by atoms with Crippen LogP contribution in [0.1, 0.15) is 35.9 Å². The van der Waals surface area contributed by atoms with Gasteiger partial charge in [-0.1, -0.05) is 35.5 Å². The van der Waals surface area contributed by atoms with Gasteiger partial charge >= 0.3 is 0 Å². The topological polar surface area (TPSA) is 60.6 Å². The first-order valence-corrected chi connectivity index (χ1v) is 9.54. The Labute approximate surface area is 165 Å². The summed E-state index contributed by atoms with van der Waals surface area (Å²) in [6.45, 7) is 3.67. The molecule has 0 bridgehead atoms. The number of aromatic nitrogens is 2. The molecule has 0 spiro atoms. The van der Waals surface area contributed by atoms with Gasteiger partial charge in [0, 0.05) is 23.2 Å². The van der Waals surface area contributed by atoms with E-state index in [9.17, 15) is 0 Å². The maximum absolute atomic E-state index is 5.62. The number of nitrogens with zero attached hydrogens (tertiary/aromatic N) is 3. The van der Waals surface area contributed by atoms with Crippen LogP contribution in [0.15, 0.2) is 47.0 Å². The van der Waals surface area contributed by atoms with Crippen molar-refractivity contribution >= 4 is 0 Å². The summed E-state index contributed by atoms with van der Waals surface area (Å²) >= 11 is 0. The third-order valence-corrected chi connectivity index (χ3v) is 5.36. The lowest BCUT2D eigenvalue weighted by Gasteiger charge is -2.25. The minimum absolute atomic E-state index is 0.259. The maximum Gasteiger partial charge on any atom is 0.241 e. The molecular formula is C22H25N3O3. The Morgan fingerprint density at radius 2 is 2.00 bits per heavy atom. The Hall–Kier alpha value is -2.86. The Morgan fingerprint density at radius 1 is 1.14 bits per heavy atom. The van der Waals surface area contributed by atoms with E-state index in [1.807, 2.05) is 30.3 Å². The van der Waals surface area contributed by atoms with Crippen molar-refractivity contribution in [1.82, 2.24) is 15.0 Å². The first-order chi connectivity index (χ1) is 13.7. The average Bonchev–Trinajstić information content (AvgIpc) is 3.38. The molecule has 0 unspecified atom stereocenters. The van der Waals surface area contributed by atoms with E-state index in [0.717, 1.165) is 42.0 Å². The van der Waals surface area contributed by atoms with Crippen molar-refractivity contribution in [2.75, 3.05) is 20.8 Å². The third-order valence-electron chi connectivity index (χ3n) is 5.36. The van der Waals surface area contributed by atoms with Crippen LogP contribution in [0.2, 0.25) is 0 Å². The molecule has 2 aromatic carbocycles. The van der Waals surface area contributed by atoms with Gasteiger partial charge in [-0.3, -0.25) is 4.90 Å². The quantitative estimate of drug-likeness (QED) is 0.633. The molecule has 2 heterocycles. The zero-order valence-electron chi connectivity index (χ0n) is 16.5. The molecule has 1 aliphatic rings. The number of ether oxygens (including phenoxy) is 2. The van der Waals surface area contributed by atoms with E-state index in [1.165, 1.54) is 5.56 Å². The molecule has 146 valence electrons. The number of rotatable bonds is 6. The molecule has 6 nitrogen and oxygen atoms in total. The van der Waals surface area contributed by atoms with Gasteiger partial charge in [-0.25, -0.2) is 0 Å². The largest absolute Gasteiger partial charge is 0.497 e. The fourth-order valence-electron chi connectivity index (χ4n) is 3.89. The minimum atomic E-state index is 0.259. The molecule has 28 heavy (non-hydrogen) atoms. The number of hydrogen-bond acceptors (Lipinski definition) is 6. The predicted molar refractivity (Wildman–Crippen MR) is 106 cm³/mol. The lowest BCUT2D eigenvalue weighted by Crippen LogP contribution is -2.23. The van der Waals surface area contributed by atoms with Crippen LogP contribution in [0.3, 0.4) is 0 Å². The summed E-state index contributed by atoms with van der Waals surface area (Å²) in [6.07, 6.45) is 2.19. The highest BCUT2D eigenvalue weighted by Gasteiger charge is 2.30. The van der Waals surface area contributed by atoms with Crippen LogP contribution in [0, 0.1) is 6.92 Å². The van der Waals surface area contributed by atoms with Gasteiger partial charge in [0.05, 0.1) is 20.8 Å². The Balaban J connectivity index is 1.55. The first-order valence-electron chi connectivity index (χ1n) is 9.54. The molecule has 1 aliphatic heterocycles. The monoisotopic (exact) mass is 379 g/mol. The van der Waals surface area contributed by atoms with Crippen molar-refractivity contribution in [2.45, 2.75) is 32.4 Å². The standard InChI is InChI=1S/C22H25N3O3/c1-15-7-4-5-8-17(15)22-23-21(28-24-22)14-25-12-6-9-19(25)18-11-10-16(26-2)13-20(18)27-3/h4-5,7-8,10-11,13,19H,6,9,12,14H2,1-3H3/t19-/m0/s1. The SMILES string of the molecule is COc1ccc([C@@H]2CCCN2Cc2nc(-c3ccccc3C)no2)c(OC)c1. The molecule has 0 aliphatic carbocycles. The van der Waals surface area contributed by atoms with E-state index in [4.69, 9.17) is 14.0 Å². The van der Waals surface area contributed by atoms with Gasteiger partial charge in [0.2, 0.25) is 11.7 Å². The molecular weight excluding hydrogens is 354 g/mol. The van der Waals surface area contributed by atoms with Crippen LogP contribution in [-0.2, 0) is 6.54 Å².